The molecule has 0 heterocycles. The topological polar surface area (TPSA) is 21.3 Å². The molecule has 2 rings (SSSR count). The average Bonchev–Trinajstić information content (AvgIpc) is 2.45. The molecule has 2 atom stereocenters. The number of aryl methyl sites for hydroxylation is 1. The Balaban J connectivity index is 2.09. The van der Waals surface area contributed by atoms with Crippen LogP contribution in [0, 0.1) is 5.92 Å². The van der Waals surface area contributed by atoms with Crippen molar-refractivity contribution in [1.82, 2.24) is 5.32 Å². The Morgan fingerprint density at radius 1 is 1.37 bits per heavy atom. The molecule has 0 aromatic heterocycles. The molecule has 1 aliphatic carbocycles. The van der Waals surface area contributed by atoms with Crippen molar-refractivity contribution < 1.29 is 4.74 Å². The van der Waals surface area contributed by atoms with E-state index in [2.05, 4.69) is 44.3 Å². The molecular weight excluding hydrogens is 234 g/mol. The first-order valence-corrected chi connectivity index (χ1v) is 7.73. The fourth-order valence-electron chi connectivity index (χ4n) is 2.68. The summed E-state index contributed by atoms with van der Waals surface area (Å²) >= 11 is 0. The van der Waals surface area contributed by atoms with Crippen LogP contribution in [0.3, 0.4) is 0 Å². The molecule has 2 nitrogen and oxygen atoms in total. The Morgan fingerprint density at radius 2 is 2.21 bits per heavy atom. The SMILES string of the molecule is CCNC1CCCc2ccc(OCC(C)CC)cc21. The molecule has 106 valence electrons. The first-order chi connectivity index (χ1) is 9.24. The van der Waals surface area contributed by atoms with Gasteiger partial charge in [-0.25, -0.2) is 0 Å². The first-order valence-electron chi connectivity index (χ1n) is 7.73. The van der Waals surface area contributed by atoms with E-state index in [-0.39, 0.29) is 0 Å². The Hall–Kier alpha value is -1.02. The second-order valence-corrected chi connectivity index (χ2v) is 5.69. The van der Waals surface area contributed by atoms with E-state index in [0.717, 1.165) is 18.9 Å². The van der Waals surface area contributed by atoms with E-state index >= 15 is 0 Å². The van der Waals surface area contributed by atoms with Crippen LogP contribution in [-0.4, -0.2) is 13.2 Å². The monoisotopic (exact) mass is 261 g/mol. The normalized spacial score (nSPS) is 19.8. The lowest BCUT2D eigenvalue weighted by Gasteiger charge is -2.26. The van der Waals surface area contributed by atoms with Gasteiger partial charge in [0.15, 0.2) is 0 Å². The molecule has 0 fully saturated rings. The zero-order valence-electron chi connectivity index (χ0n) is 12.5. The first kappa shape index (κ1) is 14.4. The Labute approximate surface area is 117 Å². The third-order valence-electron chi connectivity index (χ3n) is 4.11. The summed E-state index contributed by atoms with van der Waals surface area (Å²) in [5.41, 5.74) is 2.95. The second-order valence-electron chi connectivity index (χ2n) is 5.69. The maximum atomic E-state index is 5.92. The lowest BCUT2D eigenvalue weighted by atomic mass is 9.87. The Morgan fingerprint density at radius 3 is 2.95 bits per heavy atom. The van der Waals surface area contributed by atoms with Gasteiger partial charge in [-0.3, -0.25) is 0 Å². The van der Waals surface area contributed by atoms with Gasteiger partial charge in [0.25, 0.3) is 0 Å². The molecule has 0 bridgehead atoms. The summed E-state index contributed by atoms with van der Waals surface area (Å²) in [6, 6.07) is 7.16. The number of ether oxygens (including phenoxy) is 1. The number of hydrogen-bond donors (Lipinski definition) is 1. The minimum absolute atomic E-state index is 0.515. The van der Waals surface area contributed by atoms with Crippen LogP contribution < -0.4 is 10.1 Å². The lowest BCUT2D eigenvalue weighted by Crippen LogP contribution is -2.25. The van der Waals surface area contributed by atoms with Gasteiger partial charge >= 0.3 is 0 Å². The predicted octanol–water partition coefficient (Wildman–Crippen LogP) is 4.10. The summed E-state index contributed by atoms with van der Waals surface area (Å²) in [7, 11) is 0. The van der Waals surface area contributed by atoms with Crippen LogP contribution in [-0.2, 0) is 6.42 Å². The largest absolute Gasteiger partial charge is 0.493 e. The van der Waals surface area contributed by atoms with E-state index in [4.69, 9.17) is 4.74 Å². The number of hydrogen-bond acceptors (Lipinski definition) is 2. The minimum Gasteiger partial charge on any atom is -0.493 e. The quantitative estimate of drug-likeness (QED) is 0.832. The standard InChI is InChI=1S/C17H27NO/c1-4-13(3)12-19-15-10-9-14-7-6-8-17(18-5-2)16(14)11-15/h9-11,13,17-18H,4-8,12H2,1-3H3. The van der Waals surface area contributed by atoms with E-state index in [0.29, 0.717) is 12.0 Å². The summed E-state index contributed by atoms with van der Waals surface area (Å²) in [5.74, 6) is 1.66. The Kier molecular flexibility index (Phi) is 5.26. The van der Waals surface area contributed by atoms with Crippen LogP contribution in [0.1, 0.15) is 57.2 Å². The van der Waals surface area contributed by atoms with Crippen LogP contribution in [0.2, 0.25) is 0 Å². The van der Waals surface area contributed by atoms with Gasteiger partial charge in [-0.1, -0.05) is 33.3 Å². The van der Waals surface area contributed by atoms with Crippen molar-refractivity contribution in [1.29, 1.82) is 0 Å². The van der Waals surface area contributed by atoms with E-state index in [1.54, 1.807) is 0 Å². The fourth-order valence-corrected chi connectivity index (χ4v) is 2.68. The molecule has 2 unspecified atom stereocenters. The molecule has 0 saturated carbocycles. The highest BCUT2D eigenvalue weighted by Crippen LogP contribution is 2.32. The van der Waals surface area contributed by atoms with Crippen molar-refractivity contribution in [2.45, 2.75) is 52.5 Å². The van der Waals surface area contributed by atoms with E-state index in [1.165, 1.54) is 36.8 Å². The highest BCUT2D eigenvalue weighted by atomic mass is 16.5. The van der Waals surface area contributed by atoms with Crippen LogP contribution in [0.4, 0.5) is 0 Å². The minimum atomic E-state index is 0.515. The average molecular weight is 261 g/mol. The van der Waals surface area contributed by atoms with Crippen LogP contribution in [0.25, 0.3) is 0 Å². The van der Waals surface area contributed by atoms with E-state index in [9.17, 15) is 0 Å². The molecule has 0 saturated heterocycles. The summed E-state index contributed by atoms with van der Waals surface area (Å²) in [6.07, 6.45) is 4.92. The molecule has 0 aliphatic heterocycles. The molecule has 1 aromatic carbocycles. The molecule has 1 aromatic rings. The number of benzene rings is 1. The highest BCUT2D eigenvalue weighted by Gasteiger charge is 2.19. The summed E-state index contributed by atoms with van der Waals surface area (Å²) in [5, 5.41) is 3.59. The molecule has 0 amide bonds. The summed E-state index contributed by atoms with van der Waals surface area (Å²) in [4.78, 5) is 0. The maximum Gasteiger partial charge on any atom is 0.119 e. The van der Waals surface area contributed by atoms with Crippen molar-refractivity contribution >= 4 is 0 Å². The van der Waals surface area contributed by atoms with Crippen LogP contribution in [0.5, 0.6) is 5.75 Å². The van der Waals surface area contributed by atoms with E-state index in [1.807, 2.05) is 0 Å². The molecule has 2 heteroatoms. The highest BCUT2D eigenvalue weighted by molar-refractivity contribution is 5.39. The smallest absolute Gasteiger partial charge is 0.119 e. The predicted molar refractivity (Wildman–Crippen MR) is 80.7 cm³/mol. The Bertz CT molecular complexity index is 402. The van der Waals surface area contributed by atoms with Crippen LogP contribution >= 0.6 is 0 Å². The third kappa shape index (κ3) is 3.73. The van der Waals surface area contributed by atoms with Crippen molar-refractivity contribution in [3.63, 3.8) is 0 Å². The van der Waals surface area contributed by atoms with Crippen molar-refractivity contribution in [2.24, 2.45) is 5.92 Å². The van der Waals surface area contributed by atoms with Gasteiger partial charge in [0, 0.05) is 6.04 Å². The lowest BCUT2D eigenvalue weighted by molar-refractivity contribution is 0.256. The molecule has 1 N–H and O–H groups in total. The van der Waals surface area contributed by atoms with Gasteiger partial charge in [0.1, 0.15) is 5.75 Å². The molecular formula is C17H27NO. The number of rotatable bonds is 6. The van der Waals surface area contributed by atoms with Gasteiger partial charge in [-0.15, -0.1) is 0 Å². The maximum absolute atomic E-state index is 5.92. The van der Waals surface area contributed by atoms with Crippen molar-refractivity contribution in [2.75, 3.05) is 13.2 Å². The van der Waals surface area contributed by atoms with Crippen molar-refractivity contribution in [3.05, 3.63) is 29.3 Å². The second kappa shape index (κ2) is 6.95. The third-order valence-corrected chi connectivity index (χ3v) is 4.11. The summed E-state index contributed by atoms with van der Waals surface area (Å²) in [6.45, 7) is 8.47. The number of fused-ring (bicyclic) bond motifs is 1. The zero-order chi connectivity index (χ0) is 13.7. The van der Waals surface area contributed by atoms with Gasteiger partial charge in [0.05, 0.1) is 6.61 Å². The zero-order valence-corrected chi connectivity index (χ0v) is 12.5. The van der Waals surface area contributed by atoms with Crippen molar-refractivity contribution in [3.8, 4) is 5.75 Å². The van der Waals surface area contributed by atoms with Crippen LogP contribution in [0.15, 0.2) is 18.2 Å². The van der Waals surface area contributed by atoms with Gasteiger partial charge in [-0.05, 0) is 55.0 Å². The van der Waals surface area contributed by atoms with Gasteiger partial charge in [0.2, 0.25) is 0 Å². The summed E-state index contributed by atoms with van der Waals surface area (Å²) < 4.78 is 5.92. The molecule has 1 aliphatic rings. The van der Waals surface area contributed by atoms with Gasteiger partial charge < -0.3 is 10.1 Å². The molecule has 0 radical (unpaired) electrons. The number of nitrogens with one attached hydrogen (secondary N) is 1. The fraction of sp³-hybridized carbons (Fsp3) is 0.647. The van der Waals surface area contributed by atoms with E-state index < -0.39 is 0 Å². The molecule has 19 heavy (non-hydrogen) atoms. The molecule has 0 spiro atoms. The van der Waals surface area contributed by atoms with Gasteiger partial charge in [-0.2, -0.15) is 0 Å².